The van der Waals surface area contributed by atoms with Gasteiger partial charge < -0.3 is 4.98 Å². The van der Waals surface area contributed by atoms with Crippen LogP contribution in [0.2, 0.25) is 0 Å². The van der Waals surface area contributed by atoms with Gasteiger partial charge in [0.2, 0.25) is 5.91 Å². The maximum absolute atomic E-state index is 11.8. The smallest absolute Gasteiger partial charge is 0.269 e. The molecule has 0 spiro atoms. The molecule has 0 saturated carbocycles. The van der Waals surface area contributed by atoms with Crippen molar-refractivity contribution in [3.8, 4) is 0 Å². The number of aromatic nitrogens is 2. The van der Waals surface area contributed by atoms with Crippen LogP contribution in [0.25, 0.3) is 11.0 Å². The lowest BCUT2D eigenvalue weighted by Gasteiger charge is -1.98. The number of carbonyl (C=O) groups is 1. The topological polar surface area (TPSA) is 113 Å². The number of hydrazone groups is 1. The summed E-state index contributed by atoms with van der Waals surface area (Å²) in [7, 11) is 0. The predicted octanol–water partition coefficient (Wildman–Crippen LogP) is 2.55. The number of nitrogens with zero attached hydrogens (tertiary/aromatic N) is 3. The number of hydrogen-bond donors (Lipinski definition) is 2. The van der Waals surface area contributed by atoms with Crippen molar-refractivity contribution in [1.29, 1.82) is 0 Å². The molecule has 126 valence electrons. The zero-order valence-electron chi connectivity index (χ0n) is 13.2. The predicted molar refractivity (Wildman–Crippen MR) is 93.2 cm³/mol. The number of H-pyrrole nitrogens is 1. The van der Waals surface area contributed by atoms with Crippen LogP contribution in [0.15, 0.2) is 53.6 Å². The number of hydrogen-bond acceptors (Lipinski definition) is 5. The highest BCUT2D eigenvalue weighted by atomic mass is 16.6. The number of benzene rings is 2. The normalized spacial score (nSPS) is 11.0. The van der Waals surface area contributed by atoms with Gasteiger partial charge in [0.15, 0.2) is 0 Å². The van der Waals surface area contributed by atoms with E-state index in [1.807, 2.05) is 24.3 Å². The molecule has 1 amide bonds. The summed E-state index contributed by atoms with van der Waals surface area (Å²) in [6, 6.07) is 13.5. The monoisotopic (exact) mass is 337 g/mol. The van der Waals surface area contributed by atoms with Crippen LogP contribution in [0.3, 0.4) is 0 Å². The second-order valence-electron chi connectivity index (χ2n) is 5.34. The molecule has 3 rings (SSSR count). The minimum absolute atomic E-state index is 0.00650. The first kappa shape index (κ1) is 16.3. The number of nitro benzene ring substituents is 1. The molecule has 1 aromatic heterocycles. The Morgan fingerprint density at radius 2 is 2.00 bits per heavy atom. The van der Waals surface area contributed by atoms with Crippen molar-refractivity contribution in [2.24, 2.45) is 5.10 Å². The molecule has 0 saturated heterocycles. The van der Waals surface area contributed by atoms with E-state index in [-0.39, 0.29) is 18.0 Å². The van der Waals surface area contributed by atoms with Crippen LogP contribution >= 0.6 is 0 Å². The Morgan fingerprint density at radius 1 is 1.24 bits per heavy atom. The number of nitrogens with one attached hydrogen (secondary N) is 2. The van der Waals surface area contributed by atoms with E-state index in [4.69, 9.17) is 0 Å². The number of fused-ring (bicyclic) bond motifs is 1. The van der Waals surface area contributed by atoms with Crippen LogP contribution in [0.4, 0.5) is 5.69 Å². The molecule has 0 unspecified atom stereocenters. The Kier molecular flexibility index (Phi) is 4.79. The molecular formula is C17H15N5O3. The van der Waals surface area contributed by atoms with Crippen LogP contribution in [-0.4, -0.2) is 27.0 Å². The van der Waals surface area contributed by atoms with E-state index in [2.05, 4.69) is 20.5 Å². The molecule has 25 heavy (non-hydrogen) atoms. The van der Waals surface area contributed by atoms with E-state index >= 15 is 0 Å². The van der Waals surface area contributed by atoms with Crippen molar-refractivity contribution < 1.29 is 9.72 Å². The van der Waals surface area contributed by atoms with Gasteiger partial charge in [-0.15, -0.1) is 0 Å². The number of carbonyl (C=O) groups excluding carboxylic acids is 1. The first-order valence-corrected chi connectivity index (χ1v) is 7.62. The van der Waals surface area contributed by atoms with Crippen LogP contribution in [0.5, 0.6) is 0 Å². The van der Waals surface area contributed by atoms with Gasteiger partial charge in [-0.1, -0.05) is 12.1 Å². The minimum Gasteiger partial charge on any atom is -0.342 e. The van der Waals surface area contributed by atoms with Crippen molar-refractivity contribution in [2.75, 3.05) is 0 Å². The number of imidazole rings is 1. The Balaban J connectivity index is 1.49. The average molecular weight is 337 g/mol. The highest BCUT2D eigenvalue weighted by Gasteiger charge is 2.06. The van der Waals surface area contributed by atoms with Gasteiger partial charge in [-0.2, -0.15) is 5.10 Å². The summed E-state index contributed by atoms with van der Waals surface area (Å²) in [6.07, 6.45) is 2.16. The molecule has 8 nitrogen and oxygen atoms in total. The number of rotatable bonds is 6. The third-order valence-corrected chi connectivity index (χ3v) is 3.53. The maximum atomic E-state index is 11.8. The van der Waals surface area contributed by atoms with Gasteiger partial charge in [0, 0.05) is 25.0 Å². The molecule has 2 aromatic carbocycles. The molecule has 0 radical (unpaired) electrons. The quantitative estimate of drug-likeness (QED) is 0.409. The standard InChI is InChI=1S/C17H15N5O3/c23-17(10-9-16-19-14-3-1-2-4-15(14)20-16)21-18-11-12-5-7-13(8-6-12)22(24)25/h1-8,11H,9-10H2,(H,19,20)(H,21,23). The molecule has 8 heteroatoms. The average Bonchev–Trinajstić information content (AvgIpc) is 3.03. The zero-order chi connectivity index (χ0) is 17.6. The molecule has 0 aliphatic heterocycles. The fourth-order valence-corrected chi connectivity index (χ4v) is 2.27. The second kappa shape index (κ2) is 7.35. The SMILES string of the molecule is O=C(CCc1nc2ccccc2[nH]1)NN=Cc1ccc([N+](=O)[O-])cc1. The summed E-state index contributed by atoms with van der Waals surface area (Å²) in [6.45, 7) is 0. The first-order valence-electron chi connectivity index (χ1n) is 7.62. The van der Waals surface area contributed by atoms with E-state index in [0.717, 1.165) is 16.9 Å². The fraction of sp³-hybridized carbons (Fsp3) is 0.118. The Hall–Kier alpha value is -3.55. The Labute approximate surface area is 142 Å². The fourth-order valence-electron chi connectivity index (χ4n) is 2.27. The minimum atomic E-state index is -0.471. The Bertz CT molecular complexity index is 898. The van der Waals surface area contributed by atoms with Crippen molar-refractivity contribution in [3.63, 3.8) is 0 Å². The van der Waals surface area contributed by atoms with Crippen molar-refractivity contribution in [1.82, 2.24) is 15.4 Å². The third-order valence-electron chi connectivity index (χ3n) is 3.53. The molecule has 0 atom stereocenters. The lowest BCUT2D eigenvalue weighted by atomic mass is 10.2. The summed E-state index contributed by atoms with van der Waals surface area (Å²) in [5.41, 5.74) is 4.90. The van der Waals surface area contributed by atoms with E-state index in [1.54, 1.807) is 12.1 Å². The van der Waals surface area contributed by atoms with Crippen molar-refractivity contribution in [2.45, 2.75) is 12.8 Å². The third kappa shape index (κ3) is 4.25. The zero-order valence-corrected chi connectivity index (χ0v) is 13.2. The maximum Gasteiger partial charge on any atom is 0.269 e. The summed E-state index contributed by atoms with van der Waals surface area (Å²) in [5, 5.41) is 14.4. The van der Waals surface area contributed by atoms with Crippen LogP contribution in [0.1, 0.15) is 17.8 Å². The molecule has 2 N–H and O–H groups in total. The lowest BCUT2D eigenvalue weighted by Crippen LogP contribution is -2.18. The Morgan fingerprint density at radius 3 is 2.72 bits per heavy atom. The molecule has 1 heterocycles. The van der Waals surface area contributed by atoms with E-state index in [9.17, 15) is 14.9 Å². The summed E-state index contributed by atoms with van der Waals surface area (Å²) >= 11 is 0. The molecular weight excluding hydrogens is 322 g/mol. The summed E-state index contributed by atoms with van der Waals surface area (Å²) < 4.78 is 0. The highest BCUT2D eigenvalue weighted by Crippen LogP contribution is 2.12. The van der Waals surface area contributed by atoms with Gasteiger partial charge in [-0.3, -0.25) is 14.9 Å². The number of para-hydroxylation sites is 2. The first-order chi connectivity index (χ1) is 12.1. The van der Waals surface area contributed by atoms with Crippen LogP contribution in [-0.2, 0) is 11.2 Å². The van der Waals surface area contributed by atoms with E-state index in [1.165, 1.54) is 18.3 Å². The summed E-state index contributed by atoms with van der Waals surface area (Å²) in [4.78, 5) is 29.5. The second-order valence-corrected chi connectivity index (χ2v) is 5.34. The van der Waals surface area contributed by atoms with Gasteiger partial charge in [0.25, 0.3) is 5.69 Å². The van der Waals surface area contributed by atoms with E-state index in [0.29, 0.717) is 12.0 Å². The van der Waals surface area contributed by atoms with Crippen LogP contribution < -0.4 is 5.43 Å². The molecule has 0 aliphatic carbocycles. The lowest BCUT2D eigenvalue weighted by molar-refractivity contribution is -0.384. The number of nitro groups is 1. The van der Waals surface area contributed by atoms with Gasteiger partial charge in [0.1, 0.15) is 5.82 Å². The van der Waals surface area contributed by atoms with Crippen molar-refractivity contribution >= 4 is 28.8 Å². The largest absolute Gasteiger partial charge is 0.342 e. The number of amides is 1. The van der Waals surface area contributed by atoms with Gasteiger partial charge in [0.05, 0.1) is 22.2 Å². The molecule has 0 aliphatic rings. The van der Waals surface area contributed by atoms with Gasteiger partial charge in [-0.05, 0) is 29.8 Å². The molecule has 3 aromatic rings. The highest BCUT2D eigenvalue weighted by molar-refractivity contribution is 5.82. The number of aromatic amines is 1. The van der Waals surface area contributed by atoms with E-state index < -0.39 is 4.92 Å². The number of aryl methyl sites for hydroxylation is 1. The van der Waals surface area contributed by atoms with Gasteiger partial charge >= 0.3 is 0 Å². The van der Waals surface area contributed by atoms with Crippen LogP contribution in [0, 0.1) is 10.1 Å². The number of non-ortho nitro benzene ring substituents is 1. The molecule has 0 bridgehead atoms. The summed E-state index contributed by atoms with van der Waals surface area (Å²) in [5.74, 6) is 0.509. The van der Waals surface area contributed by atoms with Crippen molar-refractivity contribution in [3.05, 3.63) is 70.0 Å². The molecule has 0 fully saturated rings. The van der Waals surface area contributed by atoms with Gasteiger partial charge in [-0.25, -0.2) is 10.4 Å².